The summed E-state index contributed by atoms with van der Waals surface area (Å²) in [7, 11) is -2.35. The summed E-state index contributed by atoms with van der Waals surface area (Å²) in [5.74, 6) is 0.432. The van der Waals surface area contributed by atoms with Gasteiger partial charge in [0.05, 0.1) is 30.2 Å². The number of hydrogen-bond donors (Lipinski definition) is 3. The highest BCUT2D eigenvalue weighted by molar-refractivity contribution is 7.89. The van der Waals surface area contributed by atoms with Gasteiger partial charge in [-0.25, -0.2) is 8.42 Å². The molecule has 3 atom stereocenters. The molecule has 35 heavy (non-hydrogen) atoms. The predicted molar refractivity (Wildman–Crippen MR) is 136 cm³/mol. The molecule has 0 saturated carbocycles. The standard InChI is InChI=1S/C26H37N3O5S/c1-19(2)17-29(35(32,33)22-13-11-21(34-3)12-14-22)18-25(30)24(16-20-8-5-4-6-9-20)28-26(31)23-10-7-15-27-23/h4-6,8-9,11-14,19,23-25,27,30H,7,10,15-18H2,1-3H3,(H,28,31)/t23-,24-,25+/m0/s1. The minimum atomic E-state index is -3.87. The van der Waals surface area contributed by atoms with E-state index in [4.69, 9.17) is 4.74 Å². The van der Waals surface area contributed by atoms with Crippen LogP contribution in [0, 0.1) is 5.92 Å². The van der Waals surface area contributed by atoms with Gasteiger partial charge in [-0.15, -0.1) is 0 Å². The zero-order chi connectivity index (χ0) is 25.4. The van der Waals surface area contributed by atoms with Crippen molar-refractivity contribution in [1.29, 1.82) is 0 Å². The van der Waals surface area contributed by atoms with Crippen molar-refractivity contribution in [2.24, 2.45) is 5.92 Å². The van der Waals surface area contributed by atoms with Crippen molar-refractivity contribution in [2.45, 2.75) is 56.2 Å². The van der Waals surface area contributed by atoms with Crippen molar-refractivity contribution in [3.05, 3.63) is 60.2 Å². The van der Waals surface area contributed by atoms with Crippen LogP contribution in [0.25, 0.3) is 0 Å². The first-order chi connectivity index (χ1) is 16.7. The molecule has 2 aromatic carbocycles. The first-order valence-electron chi connectivity index (χ1n) is 12.1. The van der Waals surface area contributed by atoms with Crippen LogP contribution < -0.4 is 15.4 Å². The number of nitrogens with zero attached hydrogens (tertiary/aromatic N) is 1. The van der Waals surface area contributed by atoms with Gasteiger partial charge in [0.2, 0.25) is 15.9 Å². The van der Waals surface area contributed by atoms with E-state index in [1.807, 2.05) is 44.2 Å². The molecule has 8 nitrogen and oxygen atoms in total. The predicted octanol–water partition coefficient (Wildman–Crippen LogP) is 2.18. The zero-order valence-electron chi connectivity index (χ0n) is 20.7. The lowest BCUT2D eigenvalue weighted by molar-refractivity contribution is -0.124. The smallest absolute Gasteiger partial charge is 0.243 e. The highest BCUT2D eigenvalue weighted by Crippen LogP contribution is 2.22. The van der Waals surface area contributed by atoms with Crippen LogP contribution in [0.5, 0.6) is 5.75 Å². The van der Waals surface area contributed by atoms with E-state index in [1.165, 1.54) is 23.5 Å². The van der Waals surface area contributed by atoms with Gasteiger partial charge in [-0.05, 0) is 61.6 Å². The van der Waals surface area contributed by atoms with E-state index in [0.29, 0.717) is 12.2 Å². The average Bonchev–Trinajstić information content (AvgIpc) is 3.39. The molecule has 0 unspecified atom stereocenters. The third-order valence-corrected chi connectivity index (χ3v) is 7.97. The van der Waals surface area contributed by atoms with E-state index in [2.05, 4.69) is 10.6 Å². The molecule has 2 aromatic rings. The molecule has 3 rings (SSSR count). The van der Waals surface area contributed by atoms with Crippen molar-refractivity contribution in [2.75, 3.05) is 26.7 Å². The molecule has 1 heterocycles. The summed E-state index contributed by atoms with van der Waals surface area (Å²) < 4.78 is 33.4. The second kappa shape index (κ2) is 12.5. The second-order valence-corrected chi connectivity index (χ2v) is 11.4. The summed E-state index contributed by atoms with van der Waals surface area (Å²) in [5, 5.41) is 17.4. The van der Waals surface area contributed by atoms with Crippen LogP contribution in [-0.2, 0) is 21.2 Å². The number of sulfonamides is 1. The Morgan fingerprint density at radius 2 is 1.83 bits per heavy atom. The van der Waals surface area contributed by atoms with E-state index >= 15 is 0 Å². The van der Waals surface area contributed by atoms with E-state index in [0.717, 1.165) is 24.9 Å². The van der Waals surface area contributed by atoms with Gasteiger partial charge in [-0.3, -0.25) is 4.79 Å². The molecular weight excluding hydrogens is 466 g/mol. The van der Waals surface area contributed by atoms with Crippen molar-refractivity contribution >= 4 is 15.9 Å². The summed E-state index contributed by atoms with van der Waals surface area (Å²) in [4.78, 5) is 13.0. The number of methoxy groups -OCH3 is 1. The molecule has 0 radical (unpaired) electrons. The molecule has 0 aliphatic carbocycles. The summed E-state index contributed by atoms with van der Waals surface area (Å²) in [5.41, 5.74) is 0.949. The first kappa shape index (κ1) is 27.1. The van der Waals surface area contributed by atoms with Crippen LogP contribution in [0.2, 0.25) is 0 Å². The maximum atomic E-state index is 13.5. The van der Waals surface area contributed by atoms with Crippen molar-refractivity contribution in [1.82, 2.24) is 14.9 Å². The molecule has 0 bridgehead atoms. The number of rotatable bonds is 12. The van der Waals surface area contributed by atoms with Gasteiger partial charge < -0.3 is 20.5 Å². The molecule has 3 N–H and O–H groups in total. The molecule has 192 valence electrons. The van der Waals surface area contributed by atoms with Crippen LogP contribution in [0.1, 0.15) is 32.3 Å². The molecule has 1 amide bonds. The number of aliphatic hydroxyl groups excluding tert-OH is 1. The third kappa shape index (κ3) is 7.51. The average molecular weight is 504 g/mol. The normalized spacial score (nSPS) is 17.9. The number of carbonyl (C=O) groups is 1. The number of carbonyl (C=O) groups excluding carboxylic acids is 1. The molecule has 1 aliphatic heterocycles. The molecule has 0 aromatic heterocycles. The topological polar surface area (TPSA) is 108 Å². The SMILES string of the molecule is COc1ccc(S(=O)(=O)N(CC(C)C)C[C@@H](O)[C@H](Cc2ccccc2)NC(=O)[C@@H]2CCCN2)cc1. The van der Waals surface area contributed by atoms with Gasteiger partial charge >= 0.3 is 0 Å². The fourth-order valence-corrected chi connectivity index (χ4v) is 5.88. The summed E-state index contributed by atoms with van der Waals surface area (Å²) in [6.45, 7) is 4.74. The molecule has 1 saturated heterocycles. The van der Waals surface area contributed by atoms with Crippen LogP contribution >= 0.6 is 0 Å². The fourth-order valence-electron chi connectivity index (χ4n) is 4.25. The van der Waals surface area contributed by atoms with Crippen molar-refractivity contribution in [3.8, 4) is 5.75 Å². The second-order valence-electron chi connectivity index (χ2n) is 9.41. The van der Waals surface area contributed by atoms with Gasteiger partial charge in [0, 0.05) is 13.1 Å². The number of nitrogens with one attached hydrogen (secondary N) is 2. The van der Waals surface area contributed by atoms with Gasteiger partial charge in [0.1, 0.15) is 5.75 Å². The van der Waals surface area contributed by atoms with Crippen molar-refractivity contribution in [3.63, 3.8) is 0 Å². The Hall–Kier alpha value is -2.46. The van der Waals surface area contributed by atoms with Crippen LogP contribution in [0.15, 0.2) is 59.5 Å². The number of benzene rings is 2. The summed E-state index contributed by atoms with van der Waals surface area (Å²) in [6, 6.07) is 14.8. The van der Waals surface area contributed by atoms with Gasteiger partial charge in [-0.2, -0.15) is 4.31 Å². The Labute approximate surface area is 208 Å². The van der Waals surface area contributed by atoms with Crippen LogP contribution in [0.4, 0.5) is 0 Å². The van der Waals surface area contributed by atoms with Crippen LogP contribution in [0.3, 0.4) is 0 Å². The Morgan fingerprint density at radius 1 is 1.14 bits per heavy atom. The molecule has 0 spiro atoms. The Kier molecular flexibility index (Phi) is 9.68. The Balaban J connectivity index is 1.83. The maximum Gasteiger partial charge on any atom is 0.243 e. The monoisotopic (exact) mass is 503 g/mol. The van der Waals surface area contributed by atoms with E-state index in [1.54, 1.807) is 12.1 Å². The van der Waals surface area contributed by atoms with E-state index < -0.39 is 22.2 Å². The number of hydrogen-bond acceptors (Lipinski definition) is 6. The lowest BCUT2D eigenvalue weighted by atomic mass is 10.00. The quantitative estimate of drug-likeness (QED) is 0.410. The summed E-state index contributed by atoms with van der Waals surface area (Å²) >= 11 is 0. The van der Waals surface area contributed by atoms with Gasteiger partial charge in [-0.1, -0.05) is 44.2 Å². The fraction of sp³-hybridized carbons (Fsp3) is 0.500. The molecule has 9 heteroatoms. The molecule has 1 fully saturated rings. The lowest BCUT2D eigenvalue weighted by Crippen LogP contribution is -2.54. The largest absolute Gasteiger partial charge is 0.497 e. The third-order valence-electron chi connectivity index (χ3n) is 6.12. The zero-order valence-corrected chi connectivity index (χ0v) is 21.5. The highest BCUT2D eigenvalue weighted by atomic mass is 32.2. The van der Waals surface area contributed by atoms with E-state index in [-0.39, 0.29) is 35.9 Å². The molecule has 1 aliphatic rings. The number of amides is 1. The summed E-state index contributed by atoms with van der Waals surface area (Å²) in [6.07, 6.45) is 0.947. The van der Waals surface area contributed by atoms with Crippen molar-refractivity contribution < 1.29 is 23.1 Å². The first-order valence-corrected chi connectivity index (χ1v) is 13.5. The van der Waals surface area contributed by atoms with E-state index in [9.17, 15) is 18.3 Å². The van der Waals surface area contributed by atoms with Crippen LogP contribution in [-0.4, -0.2) is 68.7 Å². The minimum absolute atomic E-state index is 0.0417. The minimum Gasteiger partial charge on any atom is -0.497 e. The highest BCUT2D eigenvalue weighted by Gasteiger charge is 2.32. The lowest BCUT2D eigenvalue weighted by Gasteiger charge is -2.31. The Bertz CT molecular complexity index is 1040. The van der Waals surface area contributed by atoms with Gasteiger partial charge in [0.15, 0.2) is 0 Å². The Morgan fingerprint density at radius 3 is 2.40 bits per heavy atom. The van der Waals surface area contributed by atoms with Gasteiger partial charge in [0.25, 0.3) is 0 Å². The molecular formula is C26H37N3O5S. The maximum absolute atomic E-state index is 13.5. The number of aliphatic hydroxyl groups is 1. The number of ether oxygens (including phenoxy) is 1.